The van der Waals surface area contributed by atoms with Crippen molar-refractivity contribution >= 4 is 17.9 Å². The van der Waals surface area contributed by atoms with E-state index in [1.54, 1.807) is 7.11 Å². The molecule has 1 unspecified atom stereocenters. The Morgan fingerprint density at radius 1 is 1.54 bits per heavy atom. The van der Waals surface area contributed by atoms with Crippen molar-refractivity contribution in [3.63, 3.8) is 0 Å². The molecular formula is C10H11ClO2. The summed E-state index contributed by atoms with van der Waals surface area (Å²) in [6.45, 7) is 0. The highest BCUT2D eigenvalue weighted by Crippen LogP contribution is 2.25. The summed E-state index contributed by atoms with van der Waals surface area (Å²) in [5.41, 5.74) is 0.843. The molecule has 0 N–H and O–H groups in total. The van der Waals surface area contributed by atoms with E-state index in [0.717, 1.165) is 11.8 Å². The van der Waals surface area contributed by atoms with Crippen LogP contribution in [0.1, 0.15) is 11.5 Å². The first-order chi connectivity index (χ1) is 6.33. The topological polar surface area (TPSA) is 26.3 Å². The lowest BCUT2D eigenvalue weighted by Crippen LogP contribution is -2.03. The van der Waals surface area contributed by atoms with Gasteiger partial charge in [-0.05, 0) is 6.07 Å². The van der Waals surface area contributed by atoms with Crippen LogP contribution in [0, 0.1) is 0 Å². The van der Waals surface area contributed by atoms with Gasteiger partial charge in [-0.2, -0.15) is 0 Å². The molecule has 1 rings (SSSR count). The molecule has 1 aromatic carbocycles. The molecule has 0 aliphatic carbocycles. The lowest BCUT2D eigenvalue weighted by molar-refractivity contribution is -0.108. The van der Waals surface area contributed by atoms with Crippen molar-refractivity contribution in [2.45, 2.75) is 5.92 Å². The lowest BCUT2D eigenvalue weighted by Gasteiger charge is -2.11. The fraction of sp³-hybridized carbons (Fsp3) is 0.300. The molecule has 0 amide bonds. The van der Waals surface area contributed by atoms with Gasteiger partial charge in [-0.3, -0.25) is 0 Å². The molecule has 13 heavy (non-hydrogen) atoms. The standard InChI is InChI=1S/C10H11ClO2/c1-13-10-5-3-2-4-9(10)8(6-11)7-12/h2-5,7-8H,6H2,1H3. The summed E-state index contributed by atoms with van der Waals surface area (Å²) in [6, 6.07) is 7.39. The van der Waals surface area contributed by atoms with Crippen molar-refractivity contribution in [1.29, 1.82) is 0 Å². The first-order valence-electron chi connectivity index (χ1n) is 3.97. The number of carbonyl (C=O) groups is 1. The van der Waals surface area contributed by atoms with Crippen LogP contribution in [-0.2, 0) is 4.79 Å². The monoisotopic (exact) mass is 198 g/mol. The molecule has 0 saturated heterocycles. The number of rotatable bonds is 4. The van der Waals surface area contributed by atoms with Gasteiger partial charge in [0.1, 0.15) is 12.0 Å². The first kappa shape index (κ1) is 10.1. The van der Waals surface area contributed by atoms with Gasteiger partial charge >= 0.3 is 0 Å². The van der Waals surface area contributed by atoms with Gasteiger partial charge in [0.25, 0.3) is 0 Å². The number of alkyl halides is 1. The van der Waals surface area contributed by atoms with Crippen LogP contribution >= 0.6 is 11.6 Å². The fourth-order valence-corrected chi connectivity index (χ4v) is 1.40. The van der Waals surface area contributed by atoms with E-state index < -0.39 is 0 Å². The lowest BCUT2D eigenvalue weighted by atomic mass is 10.0. The van der Waals surface area contributed by atoms with Crippen LogP contribution in [0.25, 0.3) is 0 Å². The second-order valence-corrected chi connectivity index (χ2v) is 2.95. The smallest absolute Gasteiger partial charge is 0.128 e. The van der Waals surface area contributed by atoms with E-state index in [0.29, 0.717) is 5.75 Å². The van der Waals surface area contributed by atoms with Crippen LogP contribution in [-0.4, -0.2) is 19.3 Å². The average Bonchev–Trinajstić information content (AvgIpc) is 2.20. The molecule has 0 fully saturated rings. The van der Waals surface area contributed by atoms with E-state index in [2.05, 4.69) is 0 Å². The normalized spacial score (nSPS) is 12.2. The Morgan fingerprint density at radius 3 is 2.77 bits per heavy atom. The summed E-state index contributed by atoms with van der Waals surface area (Å²) in [6.07, 6.45) is 0.838. The van der Waals surface area contributed by atoms with Gasteiger partial charge in [0.2, 0.25) is 0 Å². The second-order valence-electron chi connectivity index (χ2n) is 2.64. The first-order valence-corrected chi connectivity index (χ1v) is 4.51. The van der Waals surface area contributed by atoms with Gasteiger partial charge < -0.3 is 9.53 Å². The van der Waals surface area contributed by atoms with Crippen LogP contribution in [0.3, 0.4) is 0 Å². The maximum atomic E-state index is 10.7. The molecule has 0 aliphatic rings. The van der Waals surface area contributed by atoms with Gasteiger partial charge in [-0.25, -0.2) is 0 Å². The molecule has 2 nitrogen and oxygen atoms in total. The second kappa shape index (κ2) is 4.87. The van der Waals surface area contributed by atoms with Crippen molar-refractivity contribution in [2.75, 3.05) is 13.0 Å². The van der Waals surface area contributed by atoms with Gasteiger partial charge in [0, 0.05) is 11.4 Å². The Bertz CT molecular complexity index is 286. The Kier molecular flexibility index (Phi) is 3.77. The number of aldehydes is 1. The van der Waals surface area contributed by atoms with Crippen LogP contribution in [0.2, 0.25) is 0 Å². The summed E-state index contributed by atoms with van der Waals surface area (Å²) in [5.74, 6) is 0.710. The van der Waals surface area contributed by atoms with Gasteiger partial charge in [-0.1, -0.05) is 18.2 Å². The predicted molar refractivity (Wildman–Crippen MR) is 52.5 cm³/mol. The van der Waals surface area contributed by atoms with Crippen LogP contribution < -0.4 is 4.74 Å². The Morgan fingerprint density at radius 2 is 2.23 bits per heavy atom. The molecule has 1 aromatic rings. The van der Waals surface area contributed by atoms with E-state index >= 15 is 0 Å². The third-order valence-electron chi connectivity index (χ3n) is 1.87. The molecular weight excluding hydrogens is 188 g/mol. The number of methoxy groups -OCH3 is 1. The number of para-hydroxylation sites is 1. The Hall–Kier alpha value is -1.02. The highest BCUT2D eigenvalue weighted by atomic mass is 35.5. The number of hydrogen-bond donors (Lipinski definition) is 0. The fourth-order valence-electron chi connectivity index (χ4n) is 1.17. The molecule has 0 spiro atoms. The predicted octanol–water partition coefficient (Wildman–Crippen LogP) is 2.22. The minimum atomic E-state index is -0.280. The van der Waals surface area contributed by atoms with E-state index in [-0.39, 0.29) is 11.8 Å². The van der Waals surface area contributed by atoms with Crippen molar-refractivity contribution in [2.24, 2.45) is 0 Å². The highest BCUT2D eigenvalue weighted by molar-refractivity contribution is 6.19. The van der Waals surface area contributed by atoms with Crippen LogP contribution in [0.4, 0.5) is 0 Å². The number of hydrogen-bond acceptors (Lipinski definition) is 2. The van der Waals surface area contributed by atoms with E-state index in [1.165, 1.54) is 0 Å². The van der Waals surface area contributed by atoms with Gasteiger partial charge in [0.05, 0.1) is 13.0 Å². The van der Waals surface area contributed by atoms with Crippen molar-refractivity contribution in [3.05, 3.63) is 29.8 Å². The van der Waals surface area contributed by atoms with Crippen LogP contribution in [0.5, 0.6) is 5.75 Å². The third-order valence-corrected chi connectivity index (χ3v) is 2.20. The zero-order valence-corrected chi connectivity index (χ0v) is 8.12. The van der Waals surface area contributed by atoms with Crippen molar-refractivity contribution in [1.82, 2.24) is 0 Å². The minimum absolute atomic E-state index is 0.280. The Balaban J connectivity index is 3.03. The van der Waals surface area contributed by atoms with E-state index in [4.69, 9.17) is 16.3 Å². The number of carbonyl (C=O) groups excluding carboxylic acids is 1. The largest absolute Gasteiger partial charge is 0.496 e. The van der Waals surface area contributed by atoms with Crippen LogP contribution in [0.15, 0.2) is 24.3 Å². The maximum Gasteiger partial charge on any atom is 0.128 e. The molecule has 3 heteroatoms. The number of benzene rings is 1. The third kappa shape index (κ3) is 2.22. The summed E-state index contributed by atoms with van der Waals surface area (Å²) in [4.78, 5) is 10.7. The minimum Gasteiger partial charge on any atom is -0.496 e. The molecule has 1 atom stereocenters. The van der Waals surface area contributed by atoms with Gasteiger partial charge in [-0.15, -0.1) is 11.6 Å². The zero-order chi connectivity index (χ0) is 9.68. The summed E-state index contributed by atoms with van der Waals surface area (Å²) >= 11 is 5.64. The number of ether oxygens (including phenoxy) is 1. The van der Waals surface area contributed by atoms with E-state index in [1.807, 2.05) is 24.3 Å². The molecule has 0 aliphatic heterocycles. The molecule has 0 heterocycles. The highest BCUT2D eigenvalue weighted by Gasteiger charge is 2.12. The number of halogens is 1. The molecule has 70 valence electrons. The zero-order valence-electron chi connectivity index (χ0n) is 7.37. The SMILES string of the molecule is COc1ccccc1C(C=O)CCl. The Labute approximate surface area is 82.5 Å². The average molecular weight is 199 g/mol. The van der Waals surface area contributed by atoms with Gasteiger partial charge in [0.15, 0.2) is 0 Å². The molecule has 0 aromatic heterocycles. The summed E-state index contributed by atoms with van der Waals surface area (Å²) in [5, 5.41) is 0. The molecule has 0 saturated carbocycles. The van der Waals surface area contributed by atoms with Crippen molar-refractivity contribution < 1.29 is 9.53 Å². The molecule has 0 bridgehead atoms. The quantitative estimate of drug-likeness (QED) is 0.548. The maximum absolute atomic E-state index is 10.7. The summed E-state index contributed by atoms with van der Waals surface area (Å²) < 4.78 is 5.11. The van der Waals surface area contributed by atoms with E-state index in [9.17, 15) is 4.79 Å². The molecule has 0 radical (unpaired) electrons. The summed E-state index contributed by atoms with van der Waals surface area (Å²) in [7, 11) is 1.58. The van der Waals surface area contributed by atoms with Crippen molar-refractivity contribution in [3.8, 4) is 5.75 Å².